The zero-order valence-corrected chi connectivity index (χ0v) is 13.2. The molecule has 4 nitrogen and oxygen atoms in total. The molecule has 0 aliphatic rings. The van der Waals surface area contributed by atoms with Crippen LogP contribution in [0.2, 0.25) is 0 Å². The summed E-state index contributed by atoms with van der Waals surface area (Å²) in [7, 11) is 4.03. The standard InChI is InChI=1S/C13H22BrN3O/c1-5-10(2)8-12(18)13-11(14)9-15-17(13)7-6-16(3)4/h9-10H,5-8H2,1-4H3. The maximum atomic E-state index is 12.3. The molecule has 0 radical (unpaired) electrons. The molecule has 0 saturated heterocycles. The number of aromatic nitrogens is 2. The van der Waals surface area contributed by atoms with Crippen molar-refractivity contribution in [2.75, 3.05) is 20.6 Å². The minimum atomic E-state index is 0.174. The zero-order chi connectivity index (χ0) is 13.7. The van der Waals surface area contributed by atoms with Gasteiger partial charge >= 0.3 is 0 Å². The number of likely N-dealkylation sites (N-methyl/N-ethyl adjacent to an activating group) is 1. The molecule has 0 aromatic carbocycles. The Hall–Kier alpha value is -0.680. The molecule has 0 bridgehead atoms. The summed E-state index contributed by atoms with van der Waals surface area (Å²) in [4.78, 5) is 14.3. The smallest absolute Gasteiger partial charge is 0.182 e. The third-order valence-corrected chi connectivity index (χ3v) is 3.63. The van der Waals surface area contributed by atoms with Crippen molar-refractivity contribution >= 4 is 21.7 Å². The van der Waals surface area contributed by atoms with Crippen LogP contribution in [0.15, 0.2) is 10.7 Å². The fourth-order valence-electron chi connectivity index (χ4n) is 1.66. The SMILES string of the molecule is CCC(C)CC(=O)c1c(Br)cnn1CCN(C)C. The number of hydrogen-bond donors (Lipinski definition) is 0. The second kappa shape index (κ2) is 7.04. The molecule has 1 atom stereocenters. The molecule has 5 heteroatoms. The molecule has 18 heavy (non-hydrogen) atoms. The van der Waals surface area contributed by atoms with Gasteiger partial charge in [-0.05, 0) is 35.9 Å². The number of nitrogens with zero attached hydrogens (tertiary/aromatic N) is 3. The van der Waals surface area contributed by atoms with Gasteiger partial charge in [-0.25, -0.2) is 0 Å². The van der Waals surface area contributed by atoms with Crippen LogP contribution in [0.4, 0.5) is 0 Å². The van der Waals surface area contributed by atoms with E-state index in [1.165, 1.54) is 0 Å². The number of ketones is 1. The largest absolute Gasteiger partial charge is 0.308 e. The van der Waals surface area contributed by atoms with E-state index >= 15 is 0 Å². The highest BCUT2D eigenvalue weighted by molar-refractivity contribution is 9.10. The number of halogens is 1. The summed E-state index contributed by atoms with van der Waals surface area (Å²) in [5.41, 5.74) is 0.706. The summed E-state index contributed by atoms with van der Waals surface area (Å²) in [6, 6.07) is 0. The molecule has 102 valence electrons. The predicted octanol–water partition coefficient (Wildman–Crippen LogP) is 2.83. The number of hydrogen-bond acceptors (Lipinski definition) is 3. The molecule has 0 fully saturated rings. The van der Waals surface area contributed by atoms with Crippen molar-refractivity contribution in [3.63, 3.8) is 0 Å². The van der Waals surface area contributed by atoms with Crippen LogP contribution in [0.3, 0.4) is 0 Å². The molecule has 0 amide bonds. The Balaban J connectivity index is 2.80. The van der Waals surface area contributed by atoms with Crippen LogP contribution in [0.1, 0.15) is 37.2 Å². The van der Waals surface area contributed by atoms with Crippen molar-refractivity contribution in [3.8, 4) is 0 Å². The third kappa shape index (κ3) is 4.21. The molecule has 0 N–H and O–H groups in total. The first-order chi connectivity index (χ1) is 8.45. The predicted molar refractivity (Wildman–Crippen MR) is 76.9 cm³/mol. The van der Waals surface area contributed by atoms with E-state index < -0.39 is 0 Å². The van der Waals surface area contributed by atoms with Gasteiger partial charge in [-0.3, -0.25) is 9.48 Å². The number of carbonyl (C=O) groups excluding carboxylic acids is 1. The molecule has 1 aromatic rings. The van der Waals surface area contributed by atoms with E-state index in [4.69, 9.17) is 0 Å². The quantitative estimate of drug-likeness (QED) is 0.726. The number of carbonyl (C=O) groups is 1. The van der Waals surface area contributed by atoms with Crippen molar-refractivity contribution in [3.05, 3.63) is 16.4 Å². The van der Waals surface area contributed by atoms with Crippen LogP contribution in [-0.2, 0) is 6.54 Å². The Kier molecular flexibility index (Phi) is 6.02. The van der Waals surface area contributed by atoms with Gasteiger partial charge in [0.25, 0.3) is 0 Å². The Morgan fingerprint density at radius 2 is 2.22 bits per heavy atom. The molecule has 0 aliphatic carbocycles. The second-order valence-electron chi connectivity index (χ2n) is 5.01. The third-order valence-electron chi connectivity index (χ3n) is 3.05. The maximum absolute atomic E-state index is 12.3. The molecule has 0 saturated carbocycles. The van der Waals surface area contributed by atoms with Crippen molar-refractivity contribution < 1.29 is 4.79 Å². The highest BCUT2D eigenvalue weighted by atomic mass is 79.9. The molecule has 1 rings (SSSR count). The maximum Gasteiger partial charge on any atom is 0.182 e. The molecule has 0 spiro atoms. The van der Waals surface area contributed by atoms with Crippen LogP contribution in [0.25, 0.3) is 0 Å². The molecule has 1 aromatic heterocycles. The van der Waals surface area contributed by atoms with Crippen LogP contribution >= 0.6 is 15.9 Å². The van der Waals surface area contributed by atoms with Gasteiger partial charge in [-0.1, -0.05) is 20.3 Å². The minimum Gasteiger partial charge on any atom is -0.308 e. The van der Waals surface area contributed by atoms with Crippen molar-refractivity contribution in [1.82, 2.24) is 14.7 Å². The molecular weight excluding hydrogens is 294 g/mol. The molecule has 0 aliphatic heterocycles. The second-order valence-corrected chi connectivity index (χ2v) is 5.86. The van der Waals surface area contributed by atoms with Crippen LogP contribution in [0, 0.1) is 5.92 Å². The van der Waals surface area contributed by atoms with Crippen LogP contribution < -0.4 is 0 Å². The monoisotopic (exact) mass is 315 g/mol. The summed E-state index contributed by atoms with van der Waals surface area (Å²) in [6.45, 7) is 5.82. The Morgan fingerprint density at radius 1 is 1.56 bits per heavy atom. The average molecular weight is 316 g/mol. The Labute approximate surface area is 117 Å². The fraction of sp³-hybridized carbons (Fsp3) is 0.692. The zero-order valence-electron chi connectivity index (χ0n) is 11.6. The van der Waals surface area contributed by atoms with E-state index in [2.05, 4.69) is 39.8 Å². The van der Waals surface area contributed by atoms with Crippen molar-refractivity contribution in [2.24, 2.45) is 5.92 Å². The molecule has 1 unspecified atom stereocenters. The van der Waals surface area contributed by atoms with Gasteiger partial charge in [-0.15, -0.1) is 0 Å². The van der Waals surface area contributed by atoms with E-state index in [1.807, 2.05) is 14.1 Å². The highest BCUT2D eigenvalue weighted by Gasteiger charge is 2.18. The first kappa shape index (κ1) is 15.4. The summed E-state index contributed by atoms with van der Waals surface area (Å²) in [6.07, 6.45) is 3.32. The number of rotatable bonds is 7. The van der Waals surface area contributed by atoms with E-state index in [0.717, 1.165) is 24.0 Å². The van der Waals surface area contributed by atoms with Gasteiger partial charge in [0, 0.05) is 13.0 Å². The normalized spacial score (nSPS) is 13.0. The van der Waals surface area contributed by atoms with E-state index in [0.29, 0.717) is 18.0 Å². The minimum absolute atomic E-state index is 0.174. The Bertz CT molecular complexity index is 401. The Morgan fingerprint density at radius 3 is 2.78 bits per heavy atom. The van der Waals surface area contributed by atoms with Gasteiger partial charge in [0.2, 0.25) is 0 Å². The van der Waals surface area contributed by atoms with Gasteiger partial charge in [0.1, 0.15) is 5.69 Å². The van der Waals surface area contributed by atoms with E-state index in [-0.39, 0.29) is 5.78 Å². The topological polar surface area (TPSA) is 38.1 Å². The first-order valence-corrected chi connectivity index (χ1v) is 7.14. The van der Waals surface area contributed by atoms with E-state index in [1.54, 1.807) is 10.9 Å². The lowest BCUT2D eigenvalue weighted by atomic mass is 10.0. The summed E-state index contributed by atoms with van der Waals surface area (Å²) >= 11 is 3.42. The van der Waals surface area contributed by atoms with Gasteiger partial charge in [-0.2, -0.15) is 5.10 Å². The lowest BCUT2D eigenvalue weighted by Crippen LogP contribution is -2.22. The van der Waals surface area contributed by atoms with Crippen LogP contribution in [0.5, 0.6) is 0 Å². The van der Waals surface area contributed by atoms with E-state index in [9.17, 15) is 4.79 Å². The van der Waals surface area contributed by atoms with Gasteiger partial charge < -0.3 is 4.90 Å². The van der Waals surface area contributed by atoms with Gasteiger partial charge in [0.05, 0.1) is 17.2 Å². The van der Waals surface area contributed by atoms with Gasteiger partial charge in [0.15, 0.2) is 5.78 Å². The fourth-order valence-corrected chi connectivity index (χ4v) is 2.18. The van der Waals surface area contributed by atoms with Crippen LogP contribution in [-0.4, -0.2) is 41.1 Å². The summed E-state index contributed by atoms with van der Waals surface area (Å²) in [5, 5.41) is 4.26. The average Bonchev–Trinajstić information content (AvgIpc) is 2.67. The van der Waals surface area contributed by atoms with Crippen molar-refractivity contribution in [1.29, 1.82) is 0 Å². The summed E-state index contributed by atoms with van der Waals surface area (Å²) in [5.74, 6) is 0.592. The van der Waals surface area contributed by atoms with Crippen molar-refractivity contribution in [2.45, 2.75) is 33.2 Å². The first-order valence-electron chi connectivity index (χ1n) is 6.34. The number of Topliss-reactive ketones (excluding diaryl/α,β-unsaturated/α-hetero) is 1. The molecular formula is C13H22BrN3O. The summed E-state index contributed by atoms with van der Waals surface area (Å²) < 4.78 is 2.60. The lowest BCUT2D eigenvalue weighted by molar-refractivity contribution is 0.0951. The molecule has 1 heterocycles. The lowest BCUT2D eigenvalue weighted by Gasteiger charge is -2.13. The highest BCUT2D eigenvalue weighted by Crippen LogP contribution is 2.20.